The van der Waals surface area contributed by atoms with Crippen LogP contribution >= 0.6 is 11.3 Å². The maximum Gasteiger partial charge on any atom is 0.340 e. The number of amides is 1. The smallest absolute Gasteiger partial charge is 0.340 e. The first-order chi connectivity index (χ1) is 8.62. The predicted octanol–water partition coefficient (Wildman–Crippen LogP) is 1.53. The third-order valence-corrected chi connectivity index (χ3v) is 2.85. The number of esters is 1. The predicted molar refractivity (Wildman–Crippen MR) is 63.6 cm³/mol. The molecule has 1 rings (SSSR count). The average Bonchev–Trinajstić information content (AvgIpc) is 2.82. The zero-order valence-electron chi connectivity index (χ0n) is 9.47. The Bertz CT molecular complexity index is 524. The lowest BCUT2D eigenvalue weighted by Crippen LogP contribution is -2.16. The number of anilines is 1. The molecule has 0 radical (unpaired) electrons. The van der Waals surface area contributed by atoms with Crippen LogP contribution in [-0.2, 0) is 9.53 Å². The summed E-state index contributed by atoms with van der Waals surface area (Å²) in [5, 5.41) is 21.6. The van der Waals surface area contributed by atoms with E-state index >= 15 is 0 Å². The van der Waals surface area contributed by atoms with Gasteiger partial charge in [0.05, 0.1) is 31.2 Å². The fourth-order valence-corrected chi connectivity index (χ4v) is 1.95. The molecule has 1 amide bonds. The minimum Gasteiger partial charge on any atom is -0.465 e. The minimum atomic E-state index is -0.994. The maximum absolute atomic E-state index is 11.5. The van der Waals surface area contributed by atoms with Crippen molar-refractivity contribution in [1.82, 2.24) is 0 Å². The molecular weight excluding hydrogens is 254 g/mol. The lowest BCUT2D eigenvalue weighted by atomic mass is 10.1. The monoisotopic (exact) mass is 263 g/mol. The topological polar surface area (TPSA) is 103 Å². The van der Waals surface area contributed by atoms with Gasteiger partial charge in [0.25, 0.3) is 0 Å². The molecule has 0 unspecified atom stereocenters. The van der Waals surface area contributed by atoms with Gasteiger partial charge < -0.3 is 10.1 Å². The summed E-state index contributed by atoms with van der Waals surface area (Å²) in [7, 11) is 1.24. The van der Waals surface area contributed by atoms with Crippen LogP contribution in [0.25, 0.3) is 0 Å². The van der Waals surface area contributed by atoms with Crippen molar-refractivity contribution in [3.05, 3.63) is 17.0 Å². The number of ether oxygens (including phenoxy) is 1. The molecule has 1 heterocycles. The molecule has 0 aromatic carbocycles. The Morgan fingerprint density at radius 1 is 1.50 bits per heavy atom. The van der Waals surface area contributed by atoms with Gasteiger partial charge in [-0.25, -0.2) is 4.79 Å². The highest BCUT2D eigenvalue weighted by atomic mass is 32.1. The van der Waals surface area contributed by atoms with E-state index in [-0.39, 0.29) is 12.0 Å². The van der Waals surface area contributed by atoms with Crippen molar-refractivity contribution >= 4 is 28.2 Å². The molecule has 0 fully saturated rings. The number of thiophene rings is 1. The Balaban J connectivity index is 2.72. The van der Waals surface area contributed by atoms with E-state index in [1.165, 1.54) is 24.5 Å². The van der Waals surface area contributed by atoms with Gasteiger partial charge in [0, 0.05) is 0 Å². The van der Waals surface area contributed by atoms with Gasteiger partial charge in [0.1, 0.15) is 10.9 Å². The second-order valence-electron chi connectivity index (χ2n) is 3.22. The summed E-state index contributed by atoms with van der Waals surface area (Å²) in [6, 6.07) is 4.93. The van der Waals surface area contributed by atoms with Gasteiger partial charge in [-0.3, -0.25) is 4.79 Å². The SMILES string of the molecule is COC(=O)c1ccsc1NC(=O)CC(C#N)C#N. The highest BCUT2D eigenvalue weighted by Gasteiger charge is 2.17. The van der Waals surface area contributed by atoms with Crippen molar-refractivity contribution in [1.29, 1.82) is 10.5 Å². The van der Waals surface area contributed by atoms with Gasteiger partial charge in [0.2, 0.25) is 5.91 Å². The lowest BCUT2D eigenvalue weighted by molar-refractivity contribution is -0.116. The lowest BCUT2D eigenvalue weighted by Gasteiger charge is -2.05. The number of rotatable bonds is 4. The Hall–Kier alpha value is -2.38. The van der Waals surface area contributed by atoms with Crippen LogP contribution in [0.3, 0.4) is 0 Å². The van der Waals surface area contributed by atoms with E-state index in [1.807, 2.05) is 0 Å². The molecule has 0 saturated heterocycles. The van der Waals surface area contributed by atoms with Gasteiger partial charge in [-0.2, -0.15) is 10.5 Å². The number of methoxy groups -OCH3 is 1. The Morgan fingerprint density at radius 3 is 2.72 bits per heavy atom. The number of nitrogens with one attached hydrogen (secondary N) is 1. The molecule has 0 saturated carbocycles. The molecule has 0 atom stereocenters. The van der Waals surface area contributed by atoms with E-state index in [0.717, 1.165) is 0 Å². The van der Waals surface area contributed by atoms with Gasteiger partial charge in [-0.05, 0) is 11.4 Å². The van der Waals surface area contributed by atoms with Crippen molar-refractivity contribution < 1.29 is 14.3 Å². The van der Waals surface area contributed by atoms with E-state index in [4.69, 9.17) is 10.5 Å². The van der Waals surface area contributed by atoms with E-state index < -0.39 is 17.8 Å². The van der Waals surface area contributed by atoms with Crippen LogP contribution in [0.1, 0.15) is 16.8 Å². The summed E-state index contributed by atoms with van der Waals surface area (Å²) < 4.78 is 4.55. The number of hydrogen-bond acceptors (Lipinski definition) is 6. The van der Waals surface area contributed by atoms with Crippen molar-refractivity contribution in [3.63, 3.8) is 0 Å². The van der Waals surface area contributed by atoms with Crippen LogP contribution in [0, 0.1) is 28.6 Å². The molecule has 0 aliphatic carbocycles. The molecule has 92 valence electrons. The zero-order chi connectivity index (χ0) is 13.5. The van der Waals surface area contributed by atoms with Gasteiger partial charge >= 0.3 is 5.97 Å². The Kier molecular flexibility index (Phi) is 4.85. The first kappa shape index (κ1) is 13.7. The number of carbonyl (C=O) groups excluding carboxylic acids is 2. The molecule has 1 N–H and O–H groups in total. The molecule has 1 aromatic heterocycles. The summed E-state index contributed by atoms with van der Waals surface area (Å²) in [5.74, 6) is -2.04. The van der Waals surface area contributed by atoms with E-state index in [9.17, 15) is 9.59 Å². The third kappa shape index (κ3) is 3.30. The second kappa shape index (κ2) is 6.38. The van der Waals surface area contributed by atoms with Crippen LogP contribution in [0.2, 0.25) is 0 Å². The largest absolute Gasteiger partial charge is 0.465 e. The number of carbonyl (C=O) groups is 2. The number of hydrogen-bond donors (Lipinski definition) is 1. The number of nitriles is 2. The van der Waals surface area contributed by atoms with Gasteiger partial charge in [-0.1, -0.05) is 0 Å². The van der Waals surface area contributed by atoms with Crippen molar-refractivity contribution in [2.24, 2.45) is 5.92 Å². The summed E-state index contributed by atoms with van der Waals surface area (Å²) in [6.07, 6.45) is -0.231. The highest BCUT2D eigenvalue weighted by Crippen LogP contribution is 2.24. The third-order valence-electron chi connectivity index (χ3n) is 2.02. The van der Waals surface area contributed by atoms with Crippen LogP contribution in [0.5, 0.6) is 0 Å². The second-order valence-corrected chi connectivity index (χ2v) is 4.13. The average molecular weight is 263 g/mol. The fourth-order valence-electron chi connectivity index (χ4n) is 1.16. The highest BCUT2D eigenvalue weighted by molar-refractivity contribution is 7.14. The summed E-state index contributed by atoms with van der Waals surface area (Å²) in [4.78, 5) is 22.9. The van der Waals surface area contributed by atoms with Crippen LogP contribution < -0.4 is 5.32 Å². The zero-order valence-corrected chi connectivity index (χ0v) is 10.3. The standard InChI is InChI=1S/C11H9N3O3S/c1-17-11(16)8-2-3-18-10(8)14-9(15)4-7(5-12)6-13/h2-3,7H,4H2,1H3,(H,14,15). The van der Waals surface area contributed by atoms with E-state index in [0.29, 0.717) is 5.00 Å². The van der Waals surface area contributed by atoms with Crippen molar-refractivity contribution in [2.75, 3.05) is 12.4 Å². The molecule has 1 aromatic rings. The molecule has 0 aliphatic heterocycles. The summed E-state index contributed by atoms with van der Waals surface area (Å²) in [5.41, 5.74) is 0.251. The van der Waals surface area contributed by atoms with E-state index in [2.05, 4.69) is 10.1 Å². The van der Waals surface area contributed by atoms with E-state index in [1.54, 1.807) is 17.5 Å². The van der Waals surface area contributed by atoms with Crippen LogP contribution in [0.4, 0.5) is 5.00 Å². The summed E-state index contributed by atoms with van der Waals surface area (Å²) >= 11 is 1.17. The normalized spacial score (nSPS) is 9.33. The fraction of sp³-hybridized carbons (Fsp3) is 0.273. The molecular formula is C11H9N3O3S. The Labute approximate surface area is 107 Å². The molecule has 18 heavy (non-hydrogen) atoms. The first-order valence-corrected chi connectivity index (χ1v) is 5.75. The molecule has 6 nitrogen and oxygen atoms in total. The van der Waals surface area contributed by atoms with Crippen molar-refractivity contribution in [2.45, 2.75) is 6.42 Å². The maximum atomic E-state index is 11.5. The van der Waals surface area contributed by atoms with Crippen molar-refractivity contribution in [3.8, 4) is 12.1 Å². The van der Waals surface area contributed by atoms with Gasteiger partial charge in [0.15, 0.2) is 0 Å². The number of nitrogens with zero attached hydrogens (tertiary/aromatic N) is 2. The van der Waals surface area contributed by atoms with Crippen LogP contribution in [-0.4, -0.2) is 19.0 Å². The van der Waals surface area contributed by atoms with Crippen LogP contribution in [0.15, 0.2) is 11.4 Å². The molecule has 7 heteroatoms. The molecule has 0 bridgehead atoms. The van der Waals surface area contributed by atoms with Gasteiger partial charge in [-0.15, -0.1) is 11.3 Å². The quantitative estimate of drug-likeness (QED) is 0.829. The Morgan fingerprint density at radius 2 is 2.17 bits per heavy atom. The first-order valence-electron chi connectivity index (χ1n) is 4.87. The molecule has 0 spiro atoms. The minimum absolute atomic E-state index is 0.231. The summed E-state index contributed by atoms with van der Waals surface area (Å²) in [6.45, 7) is 0. The molecule has 0 aliphatic rings.